The molecule has 1 atom stereocenters. The molecule has 1 saturated heterocycles. The largest absolute Gasteiger partial charge is 0.480 e. The Bertz CT molecular complexity index is 654. The molecule has 1 aromatic carbocycles. The highest BCUT2D eigenvalue weighted by Crippen LogP contribution is 2.19. The van der Waals surface area contributed by atoms with Gasteiger partial charge in [0, 0.05) is 32.6 Å². The first-order chi connectivity index (χ1) is 12.8. The van der Waals surface area contributed by atoms with Crippen molar-refractivity contribution in [1.82, 2.24) is 15.1 Å². The normalized spacial score (nSPS) is 16.1. The number of amides is 3. The zero-order chi connectivity index (χ0) is 20.0. The molecule has 1 fully saturated rings. The first-order valence-electron chi connectivity index (χ1n) is 9.36. The fourth-order valence-corrected chi connectivity index (χ4v) is 3.28. The minimum atomic E-state index is -1.02. The van der Waals surface area contributed by atoms with Crippen molar-refractivity contribution in [1.29, 1.82) is 0 Å². The molecule has 0 spiro atoms. The van der Waals surface area contributed by atoms with E-state index in [4.69, 9.17) is 0 Å². The summed E-state index contributed by atoms with van der Waals surface area (Å²) in [6.07, 6.45) is 1.09. The molecule has 1 aliphatic rings. The molecule has 0 bridgehead atoms. The third-order valence-electron chi connectivity index (χ3n) is 4.96. The van der Waals surface area contributed by atoms with Gasteiger partial charge in [0.25, 0.3) is 0 Å². The molecule has 7 nitrogen and oxygen atoms in total. The number of rotatable bonds is 6. The quantitative estimate of drug-likeness (QED) is 0.797. The van der Waals surface area contributed by atoms with E-state index in [1.807, 2.05) is 30.3 Å². The van der Waals surface area contributed by atoms with Gasteiger partial charge in [0.05, 0.1) is 0 Å². The van der Waals surface area contributed by atoms with Crippen molar-refractivity contribution < 1.29 is 19.5 Å². The summed E-state index contributed by atoms with van der Waals surface area (Å²) in [5, 5.41) is 11.8. The van der Waals surface area contributed by atoms with Crippen LogP contribution >= 0.6 is 0 Å². The second-order valence-electron chi connectivity index (χ2n) is 7.45. The first-order valence-corrected chi connectivity index (χ1v) is 9.36. The molecule has 0 aliphatic carbocycles. The van der Waals surface area contributed by atoms with Crippen LogP contribution in [0.5, 0.6) is 0 Å². The number of hydrogen-bond acceptors (Lipinski definition) is 3. The number of carbonyl (C=O) groups excluding carboxylic acids is 2. The van der Waals surface area contributed by atoms with Crippen LogP contribution in [0.4, 0.5) is 4.79 Å². The number of nitrogens with one attached hydrogen (secondary N) is 1. The van der Waals surface area contributed by atoms with Crippen molar-refractivity contribution in [2.75, 3.05) is 20.1 Å². The van der Waals surface area contributed by atoms with Gasteiger partial charge in [-0.3, -0.25) is 4.79 Å². The lowest BCUT2D eigenvalue weighted by molar-refractivity contribution is -0.144. The molecular formula is C20H29N3O4. The SMILES string of the molecule is CC(C)[C@H](NC(=O)C1CCN(C(=O)N(C)Cc2ccccc2)CC1)C(=O)O. The standard InChI is InChI=1S/C20H29N3O4/c1-14(2)17(19(25)26)21-18(24)16-9-11-23(12-10-16)20(27)22(3)13-15-7-5-4-6-8-15/h4-8,14,16-17H,9-13H2,1-3H3,(H,21,24)(H,25,26)/t17-/m0/s1. The summed E-state index contributed by atoms with van der Waals surface area (Å²) in [6.45, 7) is 5.06. The molecule has 0 radical (unpaired) electrons. The molecule has 148 valence electrons. The fraction of sp³-hybridized carbons (Fsp3) is 0.550. The number of carbonyl (C=O) groups is 3. The highest BCUT2D eigenvalue weighted by atomic mass is 16.4. The second-order valence-corrected chi connectivity index (χ2v) is 7.45. The smallest absolute Gasteiger partial charge is 0.326 e. The van der Waals surface area contributed by atoms with Gasteiger partial charge in [0.2, 0.25) is 5.91 Å². The lowest BCUT2D eigenvalue weighted by Gasteiger charge is -2.34. The monoisotopic (exact) mass is 375 g/mol. The number of carboxylic acid groups (broad SMARTS) is 1. The summed E-state index contributed by atoms with van der Waals surface area (Å²) < 4.78 is 0. The van der Waals surface area contributed by atoms with Crippen LogP contribution < -0.4 is 5.32 Å². The molecule has 3 amide bonds. The van der Waals surface area contributed by atoms with Crippen molar-refractivity contribution in [3.63, 3.8) is 0 Å². The van der Waals surface area contributed by atoms with Crippen LogP contribution in [0.25, 0.3) is 0 Å². The maximum atomic E-state index is 12.6. The Kier molecular flexibility index (Phi) is 7.21. The summed E-state index contributed by atoms with van der Waals surface area (Å²) in [5.41, 5.74) is 1.07. The number of carboxylic acids is 1. The van der Waals surface area contributed by atoms with Crippen molar-refractivity contribution in [3.05, 3.63) is 35.9 Å². The number of hydrogen-bond donors (Lipinski definition) is 2. The predicted molar refractivity (Wildman–Crippen MR) is 102 cm³/mol. The summed E-state index contributed by atoms with van der Waals surface area (Å²) in [5.74, 6) is -1.69. The van der Waals surface area contributed by atoms with Crippen LogP contribution in [-0.2, 0) is 16.1 Å². The molecule has 1 heterocycles. The maximum Gasteiger partial charge on any atom is 0.326 e. The number of urea groups is 1. The Morgan fingerprint density at radius 3 is 2.30 bits per heavy atom. The second kappa shape index (κ2) is 9.39. The molecule has 0 unspecified atom stereocenters. The minimum Gasteiger partial charge on any atom is -0.480 e. The van der Waals surface area contributed by atoms with Crippen LogP contribution in [0.1, 0.15) is 32.3 Å². The molecule has 27 heavy (non-hydrogen) atoms. The van der Waals surface area contributed by atoms with E-state index in [0.717, 1.165) is 5.56 Å². The van der Waals surface area contributed by atoms with Gasteiger partial charge in [-0.15, -0.1) is 0 Å². The van der Waals surface area contributed by atoms with Gasteiger partial charge in [-0.05, 0) is 24.3 Å². The van der Waals surface area contributed by atoms with Crippen molar-refractivity contribution in [2.24, 2.45) is 11.8 Å². The Morgan fingerprint density at radius 2 is 1.78 bits per heavy atom. The lowest BCUT2D eigenvalue weighted by Crippen LogP contribution is -2.50. The van der Waals surface area contributed by atoms with Gasteiger partial charge >= 0.3 is 12.0 Å². The lowest BCUT2D eigenvalue weighted by atomic mass is 9.94. The molecule has 0 aromatic heterocycles. The van der Waals surface area contributed by atoms with Crippen LogP contribution in [-0.4, -0.2) is 59.0 Å². The van der Waals surface area contributed by atoms with Crippen molar-refractivity contribution >= 4 is 17.9 Å². The molecule has 1 aliphatic heterocycles. The van der Waals surface area contributed by atoms with Crippen LogP contribution in [0, 0.1) is 11.8 Å². The maximum absolute atomic E-state index is 12.6. The average Bonchev–Trinajstić information content (AvgIpc) is 2.65. The zero-order valence-corrected chi connectivity index (χ0v) is 16.2. The molecule has 0 saturated carbocycles. The van der Waals surface area contributed by atoms with E-state index in [2.05, 4.69) is 5.32 Å². The number of benzene rings is 1. The fourth-order valence-electron chi connectivity index (χ4n) is 3.28. The minimum absolute atomic E-state index is 0.0525. The zero-order valence-electron chi connectivity index (χ0n) is 16.2. The first kappa shape index (κ1) is 20.7. The van der Waals surface area contributed by atoms with Crippen molar-refractivity contribution in [3.8, 4) is 0 Å². The summed E-state index contributed by atoms with van der Waals surface area (Å²) in [4.78, 5) is 39.7. The van der Waals surface area contributed by atoms with E-state index in [-0.39, 0.29) is 23.8 Å². The third kappa shape index (κ3) is 5.70. The average molecular weight is 375 g/mol. The molecule has 7 heteroatoms. The Hall–Kier alpha value is -2.57. The topological polar surface area (TPSA) is 90.0 Å². The predicted octanol–water partition coefficient (Wildman–Crippen LogP) is 2.18. The van der Waals surface area contributed by atoms with Gasteiger partial charge < -0.3 is 20.2 Å². The molecular weight excluding hydrogens is 346 g/mol. The van der Waals surface area contributed by atoms with E-state index >= 15 is 0 Å². The Labute approximate surface area is 160 Å². The number of piperidine rings is 1. The summed E-state index contributed by atoms with van der Waals surface area (Å²) >= 11 is 0. The Morgan fingerprint density at radius 1 is 1.19 bits per heavy atom. The van der Waals surface area contributed by atoms with Gasteiger partial charge in [-0.2, -0.15) is 0 Å². The number of aliphatic carboxylic acids is 1. The van der Waals surface area contributed by atoms with Crippen LogP contribution in [0.2, 0.25) is 0 Å². The van der Waals surface area contributed by atoms with Crippen molar-refractivity contribution in [2.45, 2.75) is 39.3 Å². The molecule has 2 N–H and O–H groups in total. The Balaban J connectivity index is 1.84. The van der Waals surface area contributed by atoms with Gasteiger partial charge in [0.15, 0.2) is 0 Å². The van der Waals surface area contributed by atoms with Crippen LogP contribution in [0.3, 0.4) is 0 Å². The van der Waals surface area contributed by atoms with E-state index in [9.17, 15) is 19.5 Å². The van der Waals surface area contributed by atoms with E-state index < -0.39 is 12.0 Å². The summed E-state index contributed by atoms with van der Waals surface area (Å²) in [6, 6.07) is 8.85. The van der Waals surface area contributed by atoms with E-state index in [1.54, 1.807) is 30.7 Å². The van der Waals surface area contributed by atoms with Crippen LogP contribution in [0.15, 0.2) is 30.3 Å². The molecule has 1 aromatic rings. The number of likely N-dealkylation sites (tertiary alicyclic amines) is 1. The highest BCUT2D eigenvalue weighted by molar-refractivity contribution is 5.85. The number of nitrogens with zero attached hydrogens (tertiary/aromatic N) is 2. The summed E-state index contributed by atoms with van der Waals surface area (Å²) in [7, 11) is 1.77. The van der Waals surface area contributed by atoms with Gasteiger partial charge in [-0.25, -0.2) is 9.59 Å². The molecule has 2 rings (SSSR count). The van der Waals surface area contributed by atoms with Gasteiger partial charge in [0.1, 0.15) is 6.04 Å². The highest BCUT2D eigenvalue weighted by Gasteiger charge is 2.31. The van der Waals surface area contributed by atoms with Gasteiger partial charge in [-0.1, -0.05) is 44.2 Å². The van der Waals surface area contributed by atoms with E-state index in [0.29, 0.717) is 32.5 Å². The van der Waals surface area contributed by atoms with E-state index in [1.165, 1.54) is 0 Å². The third-order valence-corrected chi connectivity index (χ3v) is 4.96.